The van der Waals surface area contributed by atoms with Crippen LogP contribution in [0.2, 0.25) is 0 Å². The SMILES string of the molecule is CCOCC(=O)N[C@H]1C[C@H]2CN(C(=O)CSc3ccncc3)C[C@H]2C[C@@H]1O. The van der Waals surface area contributed by atoms with Gasteiger partial charge >= 0.3 is 0 Å². The van der Waals surface area contributed by atoms with Gasteiger partial charge in [-0.15, -0.1) is 11.8 Å². The smallest absolute Gasteiger partial charge is 0.246 e. The standard InChI is InChI=1S/C19H27N3O4S/c1-2-26-11-18(24)21-16-7-13-9-22(10-14(13)8-17(16)23)19(25)12-27-15-3-5-20-6-4-15/h3-6,13-14,16-17,23H,2,7-12H2,1H3,(H,21,24)/t13-,14+,16-,17-/m0/s1. The average Bonchev–Trinajstić information content (AvgIpc) is 3.08. The Balaban J connectivity index is 1.48. The van der Waals surface area contributed by atoms with Crippen LogP contribution in [0, 0.1) is 11.8 Å². The fourth-order valence-corrected chi connectivity index (χ4v) is 4.69. The Morgan fingerprint density at radius 3 is 2.70 bits per heavy atom. The van der Waals surface area contributed by atoms with E-state index >= 15 is 0 Å². The van der Waals surface area contributed by atoms with Crippen LogP contribution < -0.4 is 5.32 Å². The largest absolute Gasteiger partial charge is 0.391 e. The van der Waals surface area contributed by atoms with E-state index < -0.39 is 6.10 Å². The van der Waals surface area contributed by atoms with Gasteiger partial charge in [0.25, 0.3) is 0 Å². The number of likely N-dealkylation sites (tertiary alicyclic amines) is 1. The molecule has 0 spiro atoms. The highest BCUT2D eigenvalue weighted by atomic mass is 32.2. The zero-order valence-electron chi connectivity index (χ0n) is 15.5. The number of thioether (sulfide) groups is 1. The number of aliphatic hydroxyl groups is 1. The second-order valence-electron chi connectivity index (χ2n) is 7.14. The highest BCUT2D eigenvalue weighted by Crippen LogP contribution is 2.37. The number of nitrogens with zero attached hydrogens (tertiary/aromatic N) is 2. The molecule has 1 aliphatic carbocycles. The molecule has 1 saturated heterocycles. The Bertz CT molecular complexity index is 645. The van der Waals surface area contributed by atoms with Crippen molar-refractivity contribution in [2.24, 2.45) is 11.8 Å². The van der Waals surface area contributed by atoms with Crippen molar-refractivity contribution in [2.75, 3.05) is 32.1 Å². The fraction of sp³-hybridized carbons (Fsp3) is 0.632. The van der Waals surface area contributed by atoms with Crippen LogP contribution in [-0.2, 0) is 14.3 Å². The summed E-state index contributed by atoms with van der Waals surface area (Å²) in [4.78, 5) is 31.4. The van der Waals surface area contributed by atoms with Crippen LogP contribution >= 0.6 is 11.8 Å². The van der Waals surface area contributed by atoms with Gasteiger partial charge in [0.1, 0.15) is 6.61 Å². The Morgan fingerprint density at radius 2 is 2.00 bits per heavy atom. The molecule has 0 aromatic carbocycles. The number of pyridine rings is 1. The number of aliphatic hydroxyl groups excluding tert-OH is 1. The normalized spacial score (nSPS) is 27.3. The lowest BCUT2D eigenvalue weighted by Crippen LogP contribution is -2.50. The van der Waals surface area contributed by atoms with E-state index in [9.17, 15) is 14.7 Å². The van der Waals surface area contributed by atoms with Gasteiger partial charge < -0.3 is 20.1 Å². The molecule has 0 unspecified atom stereocenters. The zero-order chi connectivity index (χ0) is 19.2. The van der Waals surface area contributed by atoms with Gasteiger partial charge in [0, 0.05) is 37.0 Å². The molecule has 2 N–H and O–H groups in total. The fourth-order valence-electron chi connectivity index (χ4n) is 3.90. The lowest BCUT2D eigenvalue weighted by atomic mass is 9.77. The molecule has 7 nitrogen and oxygen atoms in total. The van der Waals surface area contributed by atoms with Crippen molar-refractivity contribution >= 4 is 23.6 Å². The third kappa shape index (κ3) is 5.43. The molecule has 1 saturated carbocycles. The maximum absolute atomic E-state index is 12.6. The second kappa shape index (κ2) is 9.52. The first-order chi connectivity index (χ1) is 13.1. The number of fused-ring (bicyclic) bond motifs is 1. The lowest BCUT2D eigenvalue weighted by Gasteiger charge is -2.35. The third-order valence-electron chi connectivity index (χ3n) is 5.29. The summed E-state index contributed by atoms with van der Waals surface area (Å²) in [7, 11) is 0. The Morgan fingerprint density at radius 1 is 1.30 bits per heavy atom. The van der Waals surface area contributed by atoms with Crippen LogP contribution in [0.3, 0.4) is 0 Å². The molecule has 2 amide bonds. The molecule has 27 heavy (non-hydrogen) atoms. The van der Waals surface area contributed by atoms with Crippen molar-refractivity contribution in [1.29, 1.82) is 0 Å². The van der Waals surface area contributed by atoms with E-state index in [0.717, 1.165) is 4.90 Å². The summed E-state index contributed by atoms with van der Waals surface area (Å²) < 4.78 is 5.12. The number of amides is 2. The van der Waals surface area contributed by atoms with Crippen molar-refractivity contribution in [3.63, 3.8) is 0 Å². The van der Waals surface area contributed by atoms with Crippen LogP contribution in [0.1, 0.15) is 19.8 Å². The van der Waals surface area contributed by atoms with Crippen molar-refractivity contribution in [3.05, 3.63) is 24.5 Å². The molecule has 1 aliphatic heterocycles. The van der Waals surface area contributed by atoms with Crippen LogP contribution in [0.25, 0.3) is 0 Å². The zero-order valence-corrected chi connectivity index (χ0v) is 16.4. The van der Waals surface area contributed by atoms with Crippen LogP contribution in [0.4, 0.5) is 0 Å². The molecule has 0 radical (unpaired) electrons. The van der Waals surface area contributed by atoms with Crippen molar-refractivity contribution in [2.45, 2.75) is 36.8 Å². The van der Waals surface area contributed by atoms with Gasteiger partial charge in [0.05, 0.1) is 17.9 Å². The number of hydrogen-bond donors (Lipinski definition) is 2. The summed E-state index contributed by atoms with van der Waals surface area (Å²) in [6, 6.07) is 3.53. The lowest BCUT2D eigenvalue weighted by molar-refractivity contribution is -0.128. The first-order valence-electron chi connectivity index (χ1n) is 9.42. The van der Waals surface area contributed by atoms with Gasteiger partial charge in [-0.3, -0.25) is 14.6 Å². The van der Waals surface area contributed by atoms with Gasteiger partial charge in [-0.1, -0.05) is 0 Å². The van der Waals surface area contributed by atoms with Crippen LogP contribution in [0.5, 0.6) is 0 Å². The van der Waals surface area contributed by atoms with Crippen LogP contribution in [0.15, 0.2) is 29.4 Å². The van der Waals surface area contributed by atoms with Gasteiger partial charge in [-0.05, 0) is 43.7 Å². The molecule has 1 aromatic rings. The maximum Gasteiger partial charge on any atom is 0.246 e. The predicted octanol–water partition coefficient (Wildman–Crippen LogP) is 0.924. The minimum absolute atomic E-state index is 0.0185. The molecular weight excluding hydrogens is 366 g/mol. The van der Waals surface area contributed by atoms with E-state index in [4.69, 9.17) is 4.74 Å². The minimum atomic E-state index is -0.571. The summed E-state index contributed by atoms with van der Waals surface area (Å²) in [5.74, 6) is 0.952. The summed E-state index contributed by atoms with van der Waals surface area (Å²) in [5, 5.41) is 13.3. The number of rotatable bonds is 7. The number of carbonyl (C=O) groups excluding carboxylic acids is 2. The molecule has 2 aliphatic rings. The predicted molar refractivity (Wildman–Crippen MR) is 102 cm³/mol. The van der Waals surface area contributed by atoms with Gasteiger partial charge in [-0.2, -0.15) is 0 Å². The summed E-state index contributed by atoms with van der Waals surface area (Å²) in [5.41, 5.74) is 0. The first-order valence-corrected chi connectivity index (χ1v) is 10.4. The number of hydrogen-bond acceptors (Lipinski definition) is 6. The summed E-state index contributed by atoms with van der Waals surface area (Å²) in [6.07, 6.45) is 4.19. The number of nitrogens with one attached hydrogen (secondary N) is 1. The van der Waals surface area contributed by atoms with Gasteiger partial charge in [0.2, 0.25) is 11.8 Å². The van der Waals surface area contributed by atoms with E-state index in [-0.39, 0.29) is 24.5 Å². The van der Waals surface area contributed by atoms with E-state index in [0.29, 0.717) is 50.1 Å². The molecular formula is C19H27N3O4S. The first kappa shape index (κ1) is 20.1. The Hall–Kier alpha value is -1.64. The van der Waals surface area contributed by atoms with E-state index in [1.807, 2.05) is 24.0 Å². The minimum Gasteiger partial charge on any atom is -0.391 e. The average molecular weight is 394 g/mol. The number of ether oxygens (including phenoxy) is 1. The van der Waals surface area contributed by atoms with Crippen molar-refractivity contribution < 1.29 is 19.4 Å². The number of aromatic nitrogens is 1. The molecule has 0 bridgehead atoms. The summed E-state index contributed by atoms with van der Waals surface area (Å²) in [6.45, 7) is 3.73. The highest BCUT2D eigenvalue weighted by Gasteiger charge is 2.43. The molecule has 2 heterocycles. The van der Waals surface area contributed by atoms with E-state index in [2.05, 4.69) is 10.3 Å². The molecule has 8 heteroatoms. The van der Waals surface area contributed by atoms with E-state index in [1.165, 1.54) is 11.8 Å². The molecule has 3 rings (SSSR count). The molecule has 2 fully saturated rings. The molecule has 148 valence electrons. The van der Waals surface area contributed by atoms with Gasteiger partial charge in [0.15, 0.2) is 0 Å². The Labute approximate surface area is 163 Å². The third-order valence-corrected chi connectivity index (χ3v) is 6.29. The molecule has 1 aromatic heterocycles. The monoisotopic (exact) mass is 393 g/mol. The summed E-state index contributed by atoms with van der Waals surface area (Å²) >= 11 is 1.51. The van der Waals surface area contributed by atoms with Gasteiger partial charge in [-0.25, -0.2) is 0 Å². The van der Waals surface area contributed by atoms with E-state index in [1.54, 1.807) is 12.4 Å². The Kier molecular flexibility index (Phi) is 7.09. The number of carbonyl (C=O) groups is 2. The quantitative estimate of drug-likeness (QED) is 0.670. The van der Waals surface area contributed by atoms with Crippen molar-refractivity contribution in [1.82, 2.24) is 15.2 Å². The topological polar surface area (TPSA) is 91.8 Å². The maximum atomic E-state index is 12.6. The van der Waals surface area contributed by atoms with Crippen LogP contribution in [-0.4, -0.2) is 71.0 Å². The van der Waals surface area contributed by atoms with Crippen molar-refractivity contribution in [3.8, 4) is 0 Å². The highest BCUT2D eigenvalue weighted by molar-refractivity contribution is 8.00. The second-order valence-corrected chi connectivity index (χ2v) is 8.19. The molecule has 4 atom stereocenters.